The van der Waals surface area contributed by atoms with Crippen LogP contribution in [0.15, 0.2) is 40.9 Å². The van der Waals surface area contributed by atoms with Gasteiger partial charge in [0.1, 0.15) is 5.76 Å². The molecule has 2 unspecified atom stereocenters. The Kier molecular flexibility index (Phi) is 4.39. The normalized spacial score (nSPS) is 14.4. The average molecular weight is 265 g/mol. The van der Waals surface area contributed by atoms with Crippen molar-refractivity contribution in [2.75, 3.05) is 6.54 Å². The minimum atomic E-state index is 0.0809. The molecule has 3 nitrogen and oxygen atoms in total. The molecule has 0 aliphatic rings. The molecular weight excluding hydrogens is 248 g/mol. The summed E-state index contributed by atoms with van der Waals surface area (Å²) in [5.41, 5.74) is 1.04. The Morgan fingerprint density at radius 3 is 2.72 bits per heavy atom. The number of hydrogen-bond donors (Lipinski definition) is 1. The lowest BCUT2D eigenvalue weighted by Gasteiger charge is -2.22. The quantitative estimate of drug-likeness (QED) is 0.893. The second-order valence-electron chi connectivity index (χ2n) is 4.22. The molecular formula is C14H17ClN2O. The maximum absolute atomic E-state index is 5.85. The highest BCUT2D eigenvalue weighted by atomic mass is 35.5. The molecule has 2 aromatic rings. The molecule has 0 bridgehead atoms. The van der Waals surface area contributed by atoms with Crippen LogP contribution < -0.4 is 5.32 Å². The van der Waals surface area contributed by atoms with Crippen LogP contribution in [0.3, 0.4) is 0 Å². The number of pyridine rings is 1. The van der Waals surface area contributed by atoms with Crippen molar-refractivity contribution in [1.29, 1.82) is 0 Å². The summed E-state index contributed by atoms with van der Waals surface area (Å²) >= 11 is 5.85. The van der Waals surface area contributed by atoms with Gasteiger partial charge in [0.05, 0.1) is 6.04 Å². The first-order valence-electron chi connectivity index (χ1n) is 6.12. The molecule has 0 spiro atoms. The maximum atomic E-state index is 5.85. The highest BCUT2D eigenvalue weighted by Gasteiger charge is 2.23. The number of nitrogens with zero attached hydrogens (tertiary/aromatic N) is 1. The lowest BCUT2D eigenvalue weighted by atomic mass is 9.95. The Balaban J connectivity index is 2.25. The van der Waals surface area contributed by atoms with Gasteiger partial charge in [0.15, 0.2) is 5.22 Å². The van der Waals surface area contributed by atoms with E-state index in [0.29, 0.717) is 5.22 Å². The minimum Gasteiger partial charge on any atom is -0.448 e. The minimum absolute atomic E-state index is 0.0809. The van der Waals surface area contributed by atoms with Crippen molar-refractivity contribution in [1.82, 2.24) is 10.3 Å². The Bertz CT molecular complexity index is 484. The molecule has 0 aromatic carbocycles. The van der Waals surface area contributed by atoms with E-state index in [1.54, 1.807) is 6.07 Å². The van der Waals surface area contributed by atoms with E-state index in [1.807, 2.05) is 30.5 Å². The fourth-order valence-electron chi connectivity index (χ4n) is 2.06. The van der Waals surface area contributed by atoms with Crippen molar-refractivity contribution < 1.29 is 4.42 Å². The summed E-state index contributed by atoms with van der Waals surface area (Å²) in [6, 6.07) is 9.71. The molecule has 0 amide bonds. The topological polar surface area (TPSA) is 38.1 Å². The van der Waals surface area contributed by atoms with E-state index in [4.69, 9.17) is 16.0 Å². The van der Waals surface area contributed by atoms with Gasteiger partial charge in [-0.3, -0.25) is 4.98 Å². The zero-order chi connectivity index (χ0) is 13.0. The fraction of sp³-hybridized carbons (Fsp3) is 0.357. The van der Waals surface area contributed by atoms with E-state index >= 15 is 0 Å². The number of aromatic nitrogens is 1. The molecule has 0 radical (unpaired) electrons. The Labute approximate surface area is 112 Å². The summed E-state index contributed by atoms with van der Waals surface area (Å²) in [7, 11) is 0. The van der Waals surface area contributed by atoms with E-state index in [0.717, 1.165) is 18.0 Å². The van der Waals surface area contributed by atoms with Crippen molar-refractivity contribution >= 4 is 11.6 Å². The number of furan rings is 1. The monoisotopic (exact) mass is 264 g/mol. The third-order valence-corrected chi connectivity index (χ3v) is 3.18. The highest BCUT2D eigenvalue weighted by molar-refractivity contribution is 6.28. The van der Waals surface area contributed by atoms with Crippen molar-refractivity contribution in [3.63, 3.8) is 0 Å². The average Bonchev–Trinajstić information content (AvgIpc) is 2.82. The van der Waals surface area contributed by atoms with E-state index in [-0.39, 0.29) is 12.0 Å². The first kappa shape index (κ1) is 13.1. The second kappa shape index (κ2) is 6.03. The molecule has 1 N–H and O–H groups in total. The van der Waals surface area contributed by atoms with Crippen LogP contribution in [0.2, 0.25) is 5.22 Å². The van der Waals surface area contributed by atoms with E-state index in [2.05, 4.69) is 24.1 Å². The van der Waals surface area contributed by atoms with Crippen LogP contribution in [0, 0.1) is 0 Å². The Morgan fingerprint density at radius 2 is 2.17 bits per heavy atom. The van der Waals surface area contributed by atoms with E-state index < -0.39 is 0 Å². The highest BCUT2D eigenvalue weighted by Crippen LogP contribution is 2.31. The predicted molar refractivity (Wildman–Crippen MR) is 72.8 cm³/mol. The van der Waals surface area contributed by atoms with E-state index in [1.165, 1.54) is 0 Å². The summed E-state index contributed by atoms with van der Waals surface area (Å²) in [5, 5.41) is 3.84. The van der Waals surface area contributed by atoms with Crippen molar-refractivity contribution in [3.05, 3.63) is 53.2 Å². The maximum Gasteiger partial charge on any atom is 0.193 e. The van der Waals surface area contributed by atoms with Crippen LogP contribution in [0.5, 0.6) is 0 Å². The molecule has 96 valence electrons. The number of nitrogens with one attached hydrogen (secondary N) is 1. The Morgan fingerprint density at radius 1 is 1.33 bits per heavy atom. The number of likely N-dealkylation sites (N-methyl/N-ethyl adjacent to an activating group) is 1. The van der Waals surface area contributed by atoms with Crippen molar-refractivity contribution in [2.24, 2.45) is 0 Å². The van der Waals surface area contributed by atoms with Crippen LogP contribution in [0.25, 0.3) is 0 Å². The van der Waals surface area contributed by atoms with Crippen LogP contribution in [-0.2, 0) is 0 Å². The van der Waals surface area contributed by atoms with Gasteiger partial charge in [0, 0.05) is 17.8 Å². The standard InChI is InChI=1S/C14H17ClN2O/c1-3-16-14(12-7-8-13(15)18-12)10(2)11-6-4-5-9-17-11/h4-10,14,16H,3H2,1-2H3. The molecule has 2 heterocycles. The predicted octanol–water partition coefficient (Wildman–Crippen LogP) is 3.78. The van der Waals surface area contributed by atoms with Gasteiger partial charge in [-0.25, -0.2) is 0 Å². The summed E-state index contributed by atoms with van der Waals surface area (Å²) in [5.74, 6) is 1.06. The molecule has 0 aliphatic heterocycles. The third-order valence-electron chi connectivity index (χ3n) is 2.98. The second-order valence-corrected chi connectivity index (χ2v) is 4.59. The van der Waals surface area contributed by atoms with Crippen LogP contribution in [0.1, 0.15) is 37.3 Å². The van der Waals surface area contributed by atoms with Gasteiger partial charge < -0.3 is 9.73 Å². The smallest absolute Gasteiger partial charge is 0.193 e. The summed E-state index contributed by atoms with van der Waals surface area (Å²) in [6.07, 6.45) is 1.81. The van der Waals surface area contributed by atoms with Crippen molar-refractivity contribution in [3.8, 4) is 0 Å². The van der Waals surface area contributed by atoms with Gasteiger partial charge in [0.2, 0.25) is 0 Å². The third kappa shape index (κ3) is 2.92. The lowest BCUT2D eigenvalue weighted by Crippen LogP contribution is -2.25. The molecule has 4 heteroatoms. The first-order valence-corrected chi connectivity index (χ1v) is 6.49. The van der Waals surface area contributed by atoms with Crippen LogP contribution in [-0.4, -0.2) is 11.5 Å². The zero-order valence-electron chi connectivity index (χ0n) is 10.6. The van der Waals surface area contributed by atoms with Gasteiger partial charge in [-0.1, -0.05) is 19.9 Å². The first-order chi connectivity index (χ1) is 8.72. The van der Waals surface area contributed by atoms with E-state index in [9.17, 15) is 0 Å². The fourth-order valence-corrected chi connectivity index (χ4v) is 2.21. The largest absolute Gasteiger partial charge is 0.448 e. The van der Waals surface area contributed by atoms with Gasteiger partial charge in [-0.2, -0.15) is 0 Å². The molecule has 2 rings (SSSR count). The molecule has 0 fully saturated rings. The van der Waals surface area contributed by atoms with Gasteiger partial charge >= 0.3 is 0 Å². The number of rotatable bonds is 5. The van der Waals surface area contributed by atoms with Crippen LogP contribution in [0.4, 0.5) is 0 Å². The summed E-state index contributed by atoms with van der Waals surface area (Å²) in [6.45, 7) is 5.06. The van der Waals surface area contributed by atoms with Gasteiger partial charge in [-0.15, -0.1) is 0 Å². The SMILES string of the molecule is CCNC(c1ccc(Cl)o1)C(C)c1ccccn1. The Hall–Kier alpha value is -1.32. The molecule has 0 saturated heterocycles. The van der Waals surface area contributed by atoms with Crippen LogP contribution >= 0.6 is 11.6 Å². The lowest BCUT2D eigenvalue weighted by molar-refractivity contribution is 0.379. The van der Waals surface area contributed by atoms with Gasteiger partial charge in [0.25, 0.3) is 0 Å². The summed E-state index contributed by atoms with van der Waals surface area (Å²) in [4.78, 5) is 4.40. The number of halogens is 1. The molecule has 0 saturated carbocycles. The van der Waals surface area contributed by atoms with Gasteiger partial charge in [-0.05, 0) is 42.4 Å². The molecule has 0 aliphatic carbocycles. The zero-order valence-corrected chi connectivity index (χ0v) is 11.3. The molecule has 2 aromatic heterocycles. The molecule has 18 heavy (non-hydrogen) atoms. The number of hydrogen-bond acceptors (Lipinski definition) is 3. The van der Waals surface area contributed by atoms with Crippen molar-refractivity contribution in [2.45, 2.75) is 25.8 Å². The molecule has 2 atom stereocenters. The summed E-state index contributed by atoms with van der Waals surface area (Å²) < 4.78 is 5.52.